The van der Waals surface area contributed by atoms with E-state index >= 15 is 0 Å². The predicted molar refractivity (Wildman–Crippen MR) is 103 cm³/mol. The van der Waals surface area contributed by atoms with Gasteiger partial charge in [-0.15, -0.1) is 0 Å². The minimum absolute atomic E-state index is 0.000724. The number of sulfonamides is 1. The van der Waals surface area contributed by atoms with Crippen LogP contribution in [0.3, 0.4) is 0 Å². The molecule has 6 nitrogen and oxygen atoms in total. The minimum Gasteiger partial charge on any atom is -0.362 e. The van der Waals surface area contributed by atoms with Crippen LogP contribution in [0.1, 0.15) is 23.1 Å². The molecule has 26 heavy (non-hydrogen) atoms. The van der Waals surface area contributed by atoms with Gasteiger partial charge >= 0.3 is 0 Å². The van der Waals surface area contributed by atoms with Crippen LogP contribution in [0.5, 0.6) is 0 Å². The molecule has 2 aromatic carbocycles. The fourth-order valence-corrected chi connectivity index (χ4v) is 3.88. The van der Waals surface area contributed by atoms with E-state index in [2.05, 4.69) is 16.3 Å². The third-order valence-corrected chi connectivity index (χ3v) is 5.68. The SMILES string of the molecule is Cc1cc(S(N)(=O)=O)cc(NC(=O)CN2CCCc3ccccc32)c1C. The molecule has 0 fully saturated rings. The van der Waals surface area contributed by atoms with E-state index in [9.17, 15) is 13.2 Å². The number of hydrogen-bond acceptors (Lipinski definition) is 4. The lowest BCUT2D eigenvalue weighted by molar-refractivity contribution is -0.115. The van der Waals surface area contributed by atoms with E-state index in [0.29, 0.717) is 5.69 Å². The topological polar surface area (TPSA) is 92.5 Å². The van der Waals surface area contributed by atoms with Gasteiger partial charge in [0, 0.05) is 17.9 Å². The number of hydrogen-bond donors (Lipinski definition) is 2. The molecule has 0 bridgehead atoms. The Morgan fingerprint density at radius 2 is 1.96 bits per heavy atom. The van der Waals surface area contributed by atoms with Crippen LogP contribution in [-0.4, -0.2) is 27.4 Å². The molecule has 0 radical (unpaired) electrons. The van der Waals surface area contributed by atoms with Crippen molar-refractivity contribution in [2.45, 2.75) is 31.6 Å². The maximum atomic E-state index is 12.6. The summed E-state index contributed by atoms with van der Waals surface area (Å²) in [6, 6.07) is 11.0. The van der Waals surface area contributed by atoms with E-state index in [0.717, 1.165) is 36.2 Å². The van der Waals surface area contributed by atoms with Gasteiger partial charge in [0.25, 0.3) is 0 Å². The van der Waals surface area contributed by atoms with Crippen LogP contribution in [0, 0.1) is 13.8 Å². The van der Waals surface area contributed by atoms with Crippen LogP contribution in [0.4, 0.5) is 11.4 Å². The molecule has 138 valence electrons. The van der Waals surface area contributed by atoms with Gasteiger partial charge in [0.2, 0.25) is 15.9 Å². The standard InChI is InChI=1S/C19H23N3O3S/c1-13-10-16(26(20,24)25)11-17(14(13)2)21-19(23)12-22-9-5-7-15-6-3-4-8-18(15)22/h3-4,6,8,10-11H,5,7,9,12H2,1-2H3,(H,21,23)(H2,20,24,25). The smallest absolute Gasteiger partial charge is 0.243 e. The lowest BCUT2D eigenvalue weighted by Crippen LogP contribution is -2.36. The van der Waals surface area contributed by atoms with Crippen LogP contribution in [0.2, 0.25) is 0 Å². The van der Waals surface area contributed by atoms with Crippen molar-refractivity contribution in [1.82, 2.24) is 0 Å². The first kappa shape index (κ1) is 18.4. The Kier molecular flexibility index (Phi) is 5.02. The highest BCUT2D eigenvalue weighted by molar-refractivity contribution is 7.89. The van der Waals surface area contributed by atoms with Gasteiger partial charge in [0.15, 0.2) is 0 Å². The second-order valence-electron chi connectivity index (χ2n) is 6.66. The van der Waals surface area contributed by atoms with Gasteiger partial charge in [-0.1, -0.05) is 18.2 Å². The van der Waals surface area contributed by atoms with Crippen molar-refractivity contribution in [3.8, 4) is 0 Å². The van der Waals surface area contributed by atoms with Gasteiger partial charge < -0.3 is 10.2 Å². The number of para-hydroxylation sites is 1. The third kappa shape index (κ3) is 3.89. The zero-order valence-corrected chi connectivity index (χ0v) is 15.8. The number of anilines is 2. The summed E-state index contributed by atoms with van der Waals surface area (Å²) in [6.45, 7) is 4.67. The Morgan fingerprint density at radius 3 is 2.69 bits per heavy atom. The average molecular weight is 373 g/mol. The van der Waals surface area contributed by atoms with Gasteiger partial charge in [-0.2, -0.15) is 0 Å². The number of nitrogens with one attached hydrogen (secondary N) is 1. The molecule has 0 saturated carbocycles. The van der Waals surface area contributed by atoms with Crippen LogP contribution in [0.25, 0.3) is 0 Å². The first-order valence-corrected chi connectivity index (χ1v) is 10.1. The fraction of sp³-hybridized carbons (Fsp3) is 0.316. The molecule has 7 heteroatoms. The monoisotopic (exact) mass is 373 g/mol. The Balaban J connectivity index is 1.80. The highest BCUT2D eigenvalue weighted by Crippen LogP contribution is 2.27. The molecule has 2 aromatic rings. The first-order chi connectivity index (χ1) is 12.3. The molecule has 0 saturated heterocycles. The summed E-state index contributed by atoms with van der Waals surface area (Å²) in [4.78, 5) is 14.6. The van der Waals surface area contributed by atoms with Crippen LogP contribution in [-0.2, 0) is 21.2 Å². The van der Waals surface area contributed by atoms with Crippen LogP contribution < -0.4 is 15.4 Å². The van der Waals surface area contributed by atoms with E-state index < -0.39 is 10.0 Å². The maximum Gasteiger partial charge on any atom is 0.243 e. The minimum atomic E-state index is -3.83. The van der Waals surface area contributed by atoms with E-state index in [4.69, 9.17) is 5.14 Å². The lowest BCUT2D eigenvalue weighted by Gasteiger charge is -2.30. The molecule has 1 aliphatic rings. The second kappa shape index (κ2) is 7.09. The number of nitrogens with two attached hydrogens (primary N) is 1. The van der Waals surface area contributed by atoms with E-state index in [-0.39, 0.29) is 17.3 Å². The number of rotatable bonds is 4. The molecule has 1 aliphatic heterocycles. The number of benzene rings is 2. The summed E-state index contributed by atoms with van der Waals surface area (Å²) in [5.74, 6) is -0.184. The van der Waals surface area contributed by atoms with Crippen LogP contribution in [0.15, 0.2) is 41.3 Å². The zero-order chi connectivity index (χ0) is 18.9. The lowest BCUT2D eigenvalue weighted by atomic mass is 10.0. The van der Waals surface area contributed by atoms with Crippen molar-refractivity contribution < 1.29 is 13.2 Å². The summed E-state index contributed by atoms with van der Waals surface area (Å²) in [5.41, 5.74) is 4.39. The second-order valence-corrected chi connectivity index (χ2v) is 8.22. The molecule has 1 amide bonds. The molecule has 1 heterocycles. The molecular weight excluding hydrogens is 350 g/mol. The molecule has 0 aromatic heterocycles. The normalized spacial score (nSPS) is 14.0. The first-order valence-electron chi connectivity index (χ1n) is 8.52. The Bertz CT molecular complexity index is 954. The maximum absolute atomic E-state index is 12.6. The van der Waals surface area contributed by atoms with Crippen molar-refractivity contribution >= 4 is 27.3 Å². The summed E-state index contributed by atoms with van der Waals surface area (Å²) in [6.07, 6.45) is 2.02. The summed E-state index contributed by atoms with van der Waals surface area (Å²) >= 11 is 0. The number of fused-ring (bicyclic) bond motifs is 1. The van der Waals surface area contributed by atoms with Gasteiger partial charge in [0.1, 0.15) is 0 Å². The Labute approximate surface area is 154 Å². The Morgan fingerprint density at radius 1 is 1.23 bits per heavy atom. The van der Waals surface area contributed by atoms with Crippen LogP contribution >= 0.6 is 0 Å². The highest BCUT2D eigenvalue weighted by Gasteiger charge is 2.20. The average Bonchev–Trinajstić information content (AvgIpc) is 2.58. The van der Waals surface area contributed by atoms with Crippen molar-refractivity contribution in [2.75, 3.05) is 23.3 Å². The van der Waals surface area contributed by atoms with Crippen molar-refractivity contribution in [2.24, 2.45) is 5.14 Å². The van der Waals surface area contributed by atoms with Crippen molar-refractivity contribution in [3.05, 3.63) is 53.1 Å². The number of nitrogens with zero attached hydrogens (tertiary/aromatic N) is 1. The van der Waals surface area contributed by atoms with Crippen molar-refractivity contribution in [1.29, 1.82) is 0 Å². The molecule has 3 N–H and O–H groups in total. The summed E-state index contributed by atoms with van der Waals surface area (Å²) < 4.78 is 23.3. The van der Waals surface area contributed by atoms with E-state index in [1.807, 2.05) is 25.1 Å². The zero-order valence-electron chi connectivity index (χ0n) is 15.0. The number of amides is 1. The van der Waals surface area contributed by atoms with Crippen molar-refractivity contribution in [3.63, 3.8) is 0 Å². The summed E-state index contributed by atoms with van der Waals surface area (Å²) in [7, 11) is -3.83. The van der Waals surface area contributed by atoms with Gasteiger partial charge in [-0.25, -0.2) is 13.6 Å². The largest absolute Gasteiger partial charge is 0.362 e. The molecule has 0 aliphatic carbocycles. The molecule has 0 atom stereocenters. The number of carbonyl (C=O) groups is 1. The molecule has 0 unspecified atom stereocenters. The number of carbonyl (C=O) groups excluding carboxylic acids is 1. The Hall–Kier alpha value is -2.38. The quantitative estimate of drug-likeness (QED) is 0.860. The van der Waals surface area contributed by atoms with E-state index in [1.165, 1.54) is 17.7 Å². The third-order valence-electron chi connectivity index (χ3n) is 4.78. The predicted octanol–water partition coefficient (Wildman–Crippen LogP) is 2.34. The molecule has 0 spiro atoms. The van der Waals surface area contributed by atoms with Gasteiger partial charge in [-0.05, 0) is 61.6 Å². The fourth-order valence-electron chi connectivity index (χ4n) is 3.26. The highest BCUT2D eigenvalue weighted by atomic mass is 32.2. The van der Waals surface area contributed by atoms with Gasteiger partial charge in [0.05, 0.1) is 11.4 Å². The molecule has 3 rings (SSSR count). The molecular formula is C19H23N3O3S. The number of primary sulfonamides is 1. The van der Waals surface area contributed by atoms with E-state index in [1.54, 1.807) is 6.92 Å². The number of aryl methyl sites for hydroxylation is 2. The summed E-state index contributed by atoms with van der Waals surface area (Å²) in [5, 5.41) is 8.07. The van der Waals surface area contributed by atoms with Gasteiger partial charge in [-0.3, -0.25) is 4.79 Å².